The van der Waals surface area contributed by atoms with E-state index >= 15 is 0 Å². The van der Waals surface area contributed by atoms with E-state index in [1.54, 1.807) is 18.3 Å². The van der Waals surface area contributed by atoms with Crippen LogP contribution in [0.3, 0.4) is 0 Å². The van der Waals surface area contributed by atoms with Crippen LogP contribution in [0.4, 0.5) is 0 Å². The van der Waals surface area contributed by atoms with Crippen LogP contribution in [0.1, 0.15) is 25.3 Å². The molecule has 1 fully saturated rings. The highest BCUT2D eigenvalue weighted by molar-refractivity contribution is 5.31. The molecule has 90 valence electrons. The maximum atomic E-state index is 8.81. The molecule has 1 aliphatic rings. The van der Waals surface area contributed by atoms with Crippen LogP contribution in [-0.2, 0) is 0 Å². The number of ether oxygens (including phenoxy) is 1. The zero-order valence-corrected chi connectivity index (χ0v) is 10.3. The minimum Gasteiger partial charge on any atom is -0.473 e. The molecule has 0 saturated carbocycles. The topological polar surface area (TPSA) is 49.1 Å². The van der Waals surface area contributed by atoms with E-state index in [9.17, 15) is 0 Å². The summed E-state index contributed by atoms with van der Waals surface area (Å²) in [5.41, 5.74) is 0.585. The molecule has 2 atom stereocenters. The van der Waals surface area contributed by atoms with Gasteiger partial charge in [0.2, 0.25) is 5.88 Å². The van der Waals surface area contributed by atoms with Crippen LogP contribution in [0.15, 0.2) is 18.3 Å². The molecule has 0 bridgehead atoms. The summed E-state index contributed by atoms with van der Waals surface area (Å²) in [6, 6.07) is 5.90. The van der Waals surface area contributed by atoms with Crippen LogP contribution in [0.5, 0.6) is 5.88 Å². The van der Waals surface area contributed by atoms with Crippen molar-refractivity contribution in [3.8, 4) is 11.9 Å². The monoisotopic (exact) mass is 231 g/mol. The smallest absolute Gasteiger partial charge is 0.214 e. The van der Waals surface area contributed by atoms with E-state index in [-0.39, 0.29) is 6.10 Å². The first-order valence-electron chi connectivity index (χ1n) is 5.94. The SMILES string of the molecule is CC(Oc1cc(C#N)ccn1)C1CCCN1C. The van der Waals surface area contributed by atoms with Gasteiger partial charge in [-0.1, -0.05) is 0 Å². The summed E-state index contributed by atoms with van der Waals surface area (Å²) >= 11 is 0. The summed E-state index contributed by atoms with van der Waals surface area (Å²) in [6.45, 7) is 3.19. The Kier molecular flexibility index (Phi) is 3.60. The van der Waals surface area contributed by atoms with Crippen molar-refractivity contribution in [1.82, 2.24) is 9.88 Å². The van der Waals surface area contributed by atoms with Gasteiger partial charge in [0.15, 0.2) is 0 Å². The molecule has 1 aromatic rings. The van der Waals surface area contributed by atoms with Crippen LogP contribution in [-0.4, -0.2) is 35.6 Å². The summed E-state index contributed by atoms with van der Waals surface area (Å²) in [4.78, 5) is 6.45. The summed E-state index contributed by atoms with van der Waals surface area (Å²) in [6.07, 6.45) is 4.10. The van der Waals surface area contributed by atoms with Gasteiger partial charge in [0, 0.05) is 18.3 Å². The predicted octanol–water partition coefficient (Wildman–Crippen LogP) is 1.81. The lowest BCUT2D eigenvalue weighted by Gasteiger charge is -2.26. The second kappa shape index (κ2) is 5.15. The highest BCUT2D eigenvalue weighted by Crippen LogP contribution is 2.21. The van der Waals surface area contributed by atoms with E-state index < -0.39 is 0 Å². The van der Waals surface area contributed by atoms with Crippen molar-refractivity contribution in [2.75, 3.05) is 13.6 Å². The fourth-order valence-electron chi connectivity index (χ4n) is 2.34. The Balaban J connectivity index is 2.02. The van der Waals surface area contributed by atoms with Gasteiger partial charge < -0.3 is 4.74 Å². The lowest BCUT2D eigenvalue weighted by atomic mass is 10.1. The van der Waals surface area contributed by atoms with Gasteiger partial charge in [0.1, 0.15) is 6.10 Å². The van der Waals surface area contributed by atoms with E-state index in [1.807, 2.05) is 0 Å². The number of pyridine rings is 1. The van der Waals surface area contributed by atoms with E-state index in [2.05, 4.69) is 29.9 Å². The summed E-state index contributed by atoms with van der Waals surface area (Å²) < 4.78 is 5.81. The summed E-state index contributed by atoms with van der Waals surface area (Å²) in [5, 5.41) is 8.81. The molecule has 2 unspecified atom stereocenters. The molecule has 0 aromatic carbocycles. The van der Waals surface area contributed by atoms with Crippen molar-refractivity contribution in [2.24, 2.45) is 0 Å². The number of nitriles is 1. The number of aromatic nitrogens is 1. The number of likely N-dealkylation sites (N-methyl/N-ethyl adjacent to an activating group) is 1. The highest BCUT2D eigenvalue weighted by Gasteiger charge is 2.27. The first-order chi connectivity index (χ1) is 8.20. The lowest BCUT2D eigenvalue weighted by Crippen LogP contribution is -2.38. The molecule has 0 radical (unpaired) electrons. The van der Waals surface area contributed by atoms with E-state index in [1.165, 1.54) is 6.42 Å². The second-order valence-corrected chi connectivity index (χ2v) is 4.51. The normalized spacial score (nSPS) is 22.1. The molecule has 1 saturated heterocycles. The fourth-order valence-corrected chi connectivity index (χ4v) is 2.34. The van der Waals surface area contributed by atoms with Gasteiger partial charge in [-0.25, -0.2) is 4.98 Å². The average Bonchev–Trinajstić information content (AvgIpc) is 2.76. The largest absolute Gasteiger partial charge is 0.473 e. The maximum absolute atomic E-state index is 8.81. The van der Waals surface area contributed by atoms with Crippen molar-refractivity contribution in [2.45, 2.75) is 31.9 Å². The molecular weight excluding hydrogens is 214 g/mol. The average molecular weight is 231 g/mol. The molecule has 2 heterocycles. The standard InChI is InChI=1S/C13H17N3O/c1-10(12-4-3-7-16(12)2)17-13-8-11(9-14)5-6-15-13/h5-6,8,10,12H,3-4,7H2,1-2H3. The van der Waals surface area contributed by atoms with E-state index in [0.717, 1.165) is 13.0 Å². The van der Waals surface area contributed by atoms with Crippen molar-refractivity contribution in [3.63, 3.8) is 0 Å². The van der Waals surface area contributed by atoms with E-state index in [0.29, 0.717) is 17.5 Å². The van der Waals surface area contributed by atoms with Crippen LogP contribution < -0.4 is 4.74 Å². The molecule has 4 nitrogen and oxygen atoms in total. The molecule has 0 amide bonds. The molecule has 1 aromatic heterocycles. The summed E-state index contributed by atoms with van der Waals surface area (Å²) in [7, 11) is 2.12. The van der Waals surface area contributed by atoms with Gasteiger partial charge in [0.05, 0.1) is 11.6 Å². The lowest BCUT2D eigenvalue weighted by molar-refractivity contribution is 0.117. The Morgan fingerprint density at radius 1 is 1.65 bits per heavy atom. The maximum Gasteiger partial charge on any atom is 0.214 e. The van der Waals surface area contributed by atoms with Gasteiger partial charge in [-0.3, -0.25) is 4.90 Å². The van der Waals surface area contributed by atoms with Crippen molar-refractivity contribution < 1.29 is 4.74 Å². The molecule has 0 aliphatic carbocycles. The third-order valence-corrected chi connectivity index (χ3v) is 3.29. The molecular formula is C13H17N3O. The quantitative estimate of drug-likeness (QED) is 0.796. The summed E-state index contributed by atoms with van der Waals surface area (Å²) in [5.74, 6) is 0.539. The van der Waals surface area contributed by atoms with Crippen LogP contribution >= 0.6 is 0 Å². The third-order valence-electron chi connectivity index (χ3n) is 3.29. The number of rotatable bonds is 3. The first-order valence-corrected chi connectivity index (χ1v) is 5.94. The number of hydrogen-bond donors (Lipinski definition) is 0. The van der Waals surface area contributed by atoms with Gasteiger partial charge in [-0.2, -0.15) is 5.26 Å². The van der Waals surface area contributed by atoms with Crippen molar-refractivity contribution in [3.05, 3.63) is 23.9 Å². The minimum absolute atomic E-state index is 0.101. The highest BCUT2D eigenvalue weighted by atomic mass is 16.5. The zero-order chi connectivity index (χ0) is 12.3. The molecule has 1 aliphatic heterocycles. The van der Waals surface area contributed by atoms with Crippen LogP contribution in [0.25, 0.3) is 0 Å². The first kappa shape index (κ1) is 11.9. The number of likely N-dealkylation sites (tertiary alicyclic amines) is 1. The number of nitrogens with zero attached hydrogens (tertiary/aromatic N) is 3. The second-order valence-electron chi connectivity index (χ2n) is 4.51. The Morgan fingerprint density at radius 2 is 2.47 bits per heavy atom. The predicted molar refractivity (Wildman–Crippen MR) is 64.7 cm³/mol. The van der Waals surface area contributed by atoms with Crippen LogP contribution in [0.2, 0.25) is 0 Å². The van der Waals surface area contributed by atoms with Crippen LogP contribution in [0, 0.1) is 11.3 Å². The Morgan fingerprint density at radius 3 is 3.12 bits per heavy atom. The van der Waals surface area contributed by atoms with E-state index in [4.69, 9.17) is 10.00 Å². The van der Waals surface area contributed by atoms with Gasteiger partial charge >= 0.3 is 0 Å². The Bertz CT molecular complexity index is 427. The molecule has 2 rings (SSSR count). The molecule has 0 spiro atoms. The Hall–Kier alpha value is -1.60. The molecule has 17 heavy (non-hydrogen) atoms. The number of hydrogen-bond acceptors (Lipinski definition) is 4. The van der Waals surface area contributed by atoms with Gasteiger partial charge in [-0.05, 0) is 39.4 Å². The van der Waals surface area contributed by atoms with Crippen molar-refractivity contribution in [1.29, 1.82) is 5.26 Å². The minimum atomic E-state index is 0.101. The fraction of sp³-hybridized carbons (Fsp3) is 0.538. The van der Waals surface area contributed by atoms with Gasteiger partial charge in [-0.15, -0.1) is 0 Å². The third kappa shape index (κ3) is 2.75. The Labute approximate surface area is 102 Å². The zero-order valence-electron chi connectivity index (χ0n) is 10.3. The van der Waals surface area contributed by atoms with Crippen molar-refractivity contribution >= 4 is 0 Å². The molecule has 4 heteroatoms. The van der Waals surface area contributed by atoms with Gasteiger partial charge in [0.25, 0.3) is 0 Å². The molecule has 0 N–H and O–H groups in total.